The molecule has 0 fully saturated rings. The quantitative estimate of drug-likeness (QED) is 0.311. The first-order valence-electron chi connectivity index (χ1n) is 13.6. The minimum Gasteiger partial charge on any atom is -0.489 e. The summed E-state index contributed by atoms with van der Waals surface area (Å²) in [5.41, 5.74) is 1.77. The summed E-state index contributed by atoms with van der Waals surface area (Å²) >= 11 is 0. The largest absolute Gasteiger partial charge is 0.489 e. The van der Waals surface area contributed by atoms with Gasteiger partial charge < -0.3 is 19.8 Å². The Balaban J connectivity index is 0.000000482. The minimum atomic E-state index is -3.72. The van der Waals surface area contributed by atoms with E-state index in [0.29, 0.717) is 29.5 Å². The van der Waals surface area contributed by atoms with Gasteiger partial charge in [0.1, 0.15) is 12.4 Å². The van der Waals surface area contributed by atoms with Gasteiger partial charge in [-0.15, -0.1) is 0 Å². The average molecular weight is 571 g/mol. The van der Waals surface area contributed by atoms with Crippen LogP contribution in [-0.2, 0) is 26.0 Å². The Bertz CT molecular complexity index is 1380. The zero-order valence-electron chi connectivity index (χ0n) is 23.1. The molecule has 0 saturated heterocycles. The van der Waals surface area contributed by atoms with Crippen LogP contribution < -0.4 is 9.04 Å². The molecule has 10 heteroatoms. The molecule has 3 aromatic rings. The molecule has 216 valence electrons. The highest BCUT2D eigenvalue weighted by Crippen LogP contribution is 2.37. The van der Waals surface area contributed by atoms with Crippen LogP contribution in [-0.4, -0.2) is 68.3 Å². The second-order valence-electron chi connectivity index (χ2n) is 9.58. The summed E-state index contributed by atoms with van der Waals surface area (Å²) in [4.78, 5) is 22.1. The zero-order chi connectivity index (χ0) is 29.1. The number of hydrogen-bond acceptors (Lipinski definition) is 6. The molecular formula is C30H38N2O7S. The smallest absolute Gasteiger partial charge is 0.303 e. The lowest BCUT2D eigenvalue weighted by Crippen LogP contribution is -2.38. The van der Waals surface area contributed by atoms with E-state index in [9.17, 15) is 18.0 Å². The van der Waals surface area contributed by atoms with Crippen LogP contribution in [0.15, 0.2) is 65.6 Å². The number of anilines is 1. The number of aliphatic carboxylic acids is 2. The normalized spacial score (nSPS) is 12.8. The van der Waals surface area contributed by atoms with Crippen LogP contribution in [0.5, 0.6) is 5.75 Å². The van der Waals surface area contributed by atoms with Gasteiger partial charge in [0.2, 0.25) is 0 Å². The van der Waals surface area contributed by atoms with Crippen molar-refractivity contribution in [2.45, 2.75) is 50.8 Å². The number of sulfonamides is 1. The van der Waals surface area contributed by atoms with E-state index in [0.717, 1.165) is 55.2 Å². The Morgan fingerprint density at radius 2 is 1.55 bits per heavy atom. The van der Waals surface area contributed by atoms with E-state index >= 15 is 0 Å². The summed E-state index contributed by atoms with van der Waals surface area (Å²) in [6.07, 6.45) is 2.56. The van der Waals surface area contributed by atoms with Crippen LogP contribution >= 0.6 is 0 Å². The molecule has 40 heavy (non-hydrogen) atoms. The van der Waals surface area contributed by atoms with Crippen LogP contribution in [0.2, 0.25) is 0 Å². The van der Waals surface area contributed by atoms with Gasteiger partial charge in [0.05, 0.1) is 30.0 Å². The highest BCUT2D eigenvalue weighted by molar-refractivity contribution is 7.93. The molecule has 0 amide bonds. The molecular weight excluding hydrogens is 532 g/mol. The molecule has 0 unspecified atom stereocenters. The van der Waals surface area contributed by atoms with E-state index in [1.54, 1.807) is 6.07 Å². The fraction of sp³-hybridized carbons (Fsp3) is 0.400. The summed E-state index contributed by atoms with van der Waals surface area (Å²) in [5, 5.41) is 17.5. The van der Waals surface area contributed by atoms with E-state index in [1.165, 1.54) is 4.31 Å². The summed E-state index contributed by atoms with van der Waals surface area (Å²) < 4.78 is 34.9. The Labute approximate surface area is 236 Å². The van der Waals surface area contributed by atoms with Gasteiger partial charge in [-0.2, -0.15) is 0 Å². The molecule has 3 aromatic carbocycles. The molecule has 0 radical (unpaired) electrons. The monoisotopic (exact) mass is 570 g/mol. The van der Waals surface area contributed by atoms with Gasteiger partial charge in [-0.25, -0.2) is 8.42 Å². The van der Waals surface area contributed by atoms with Gasteiger partial charge in [-0.1, -0.05) is 56.3 Å². The van der Waals surface area contributed by atoms with E-state index in [2.05, 4.69) is 24.8 Å². The third-order valence-electron chi connectivity index (χ3n) is 6.51. The molecule has 2 N–H and O–H groups in total. The number of fused-ring (bicyclic) bond motifs is 2. The Morgan fingerprint density at radius 1 is 0.900 bits per heavy atom. The maximum absolute atomic E-state index is 13.8. The van der Waals surface area contributed by atoms with Crippen molar-refractivity contribution in [3.63, 3.8) is 0 Å². The Hall–Kier alpha value is -3.63. The standard InChI is InChI=1S/C26H32N2O3S.C4H6O4/c1-3-15-27(16-4-2)17-14-21-12-13-25-24(20-21)28(18-19-31-25)32(29,30)26-11-7-9-22-8-5-6-10-23(22)26;5-3(6)1-2-4(7)8/h5-13,20H,3-4,14-19H2,1-2H3;1-2H2,(H,5,6)(H,7,8). The lowest BCUT2D eigenvalue weighted by atomic mass is 10.1. The maximum atomic E-state index is 13.8. The van der Waals surface area contributed by atoms with Crippen molar-refractivity contribution < 1.29 is 33.0 Å². The van der Waals surface area contributed by atoms with Gasteiger partial charge in [-0.05, 0) is 61.5 Å². The molecule has 0 spiro atoms. The molecule has 1 aliphatic heterocycles. The molecule has 4 rings (SSSR count). The van der Waals surface area contributed by atoms with Gasteiger partial charge in [-0.3, -0.25) is 13.9 Å². The van der Waals surface area contributed by atoms with Crippen LogP contribution in [0.4, 0.5) is 5.69 Å². The van der Waals surface area contributed by atoms with E-state index < -0.39 is 22.0 Å². The van der Waals surface area contributed by atoms with Crippen LogP contribution in [0.1, 0.15) is 45.1 Å². The number of rotatable bonds is 12. The molecule has 1 heterocycles. The number of nitrogens with zero attached hydrogens (tertiary/aromatic N) is 2. The lowest BCUT2D eigenvalue weighted by Gasteiger charge is -2.31. The first-order valence-corrected chi connectivity index (χ1v) is 15.0. The van der Waals surface area contributed by atoms with Gasteiger partial charge in [0.15, 0.2) is 0 Å². The number of carbonyl (C=O) groups is 2. The third kappa shape index (κ3) is 8.19. The van der Waals surface area contributed by atoms with Crippen LogP contribution in [0, 0.1) is 0 Å². The Morgan fingerprint density at radius 3 is 2.20 bits per heavy atom. The SMILES string of the molecule is CCCN(CCC)CCc1ccc2c(c1)N(S(=O)(=O)c1cccc3ccccc13)CCO2.O=C(O)CCC(=O)O. The van der Waals surface area contributed by atoms with Crippen molar-refractivity contribution in [3.05, 3.63) is 66.2 Å². The highest BCUT2D eigenvalue weighted by Gasteiger charge is 2.31. The van der Waals surface area contributed by atoms with Crippen molar-refractivity contribution in [1.82, 2.24) is 4.90 Å². The predicted molar refractivity (Wildman–Crippen MR) is 156 cm³/mol. The third-order valence-corrected chi connectivity index (χ3v) is 8.38. The van der Waals surface area contributed by atoms with Crippen molar-refractivity contribution in [1.29, 1.82) is 0 Å². The number of carboxylic acids is 2. The summed E-state index contributed by atoms with van der Waals surface area (Å²) in [7, 11) is -3.72. The number of benzene rings is 3. The van der Waals surface area contributed by atoms with Crippen molar-refractivity contribution in [2.24, 2.45) is 0 Å². The lowest BCUT2D eigenvalue weighted by molar-refractivity contribution is -0.143. The average Bonchev–Trinajstić information content (AvgIpc) is 2.94. The molecule has 9 nitrogen and oxygen atoms in total. The van der Waals surface area contributed by atoms with Crippen molar-refractivity contribution in [3.8, 4) is 5.75 Å². The van der Waals surface area contributed by atoms with Crippen LogP contribution in [0.3, 0.4) is 0 Å². The number of carboxylic acid groups (broad SMARTS) is 2. The zero-order valence-corrected chi connectivity index (χ0v) is 23.9. The van der Waals surface area contributed by atoms with E-state index in [4.69, 9.17) is 14.9 Å². The topological polar surface area (TPSA) is 124 Å². The Kier molecular flexibility index (Phi) is 11.3. The van der Waals surface area contributed by atoms with Gasteiger partial charge in [0.25, 0.3) is 10.0 Å². The molecule has 0 saturated carbocycles. The molecule has 0 aliphatic carbocycles. The van der Waals surface area contributed by atoms with Gasteiger partial charge >= 0.3 is 11.9 Å². The molecule has 0 aromatic heterocycles. The molecule has 0 atom stereocenters. The van der Waals surface area contributed by atoms with E-state index in [-0.39, 0.29) is 12.8 Å². The van der Waals surface area contributed by atoms with Crippen molar-refractivity contribution >= 4 is 38.4 Å². The number of ether oxygens (including phenoxy) is 1. The second-order valence-corrected chi connectivity index (χ2v) is 11.4. The highest BCUT2D eigenvalue weighted by atomic mass is 32.2. The van der Waals surface area contributed by atoms with Crippen molar-refractivity contribution in [2.75, 3.05) is 37.1 Å². The summed E-state index contributed by atoms with van der Waals surface area (Å²) in [6, 6.07) is 19.0. The second kappa shape index (κ2) is 14.7. The molecule has 0 bridgehead atoms. The number of hydrogen-bond donors (Lipinski definition) is 2. The predicted octanol–water partition coefficient (Wildman–Crippen LogP) is 5.03. The first-order chi connectivity index (χ1) is 19.2. The first kappa shape index (κ1) is 30.9. The fourth-order valence-electron chi connectivity index (χ4n) is 4.65. The van der Waals surface area contributed by atoms with Crippen LogP contribution in [0.25, 0.3) is 10.8 Å². The minimum absolute atomic E-state index is 0.296. The van der Waals surface area contributed by atoms with Gasteiger partial charge in [0, 0.05) is 11.9 Å². The fourth-order valence-corrected chi connectivity index (χ4v) is 6.32. The van der Waals surface area contributed by atoms with E-state index in [1.807, 2.05) is 48.5 Å². The maximum Gasteiger partial charge on any atom is 0.303 e. The summed E-state index contributed by atoms with van der Waals surface area (Å²) in [6.45, 7) is 8.20. The molecule has 1 aliphatic rings. The summed E-state index contributed by atoms with van der Waals surface area (Å²) in [5.74, 6) is -1.53.